The number of fused-ring (bicyclic) bond motifs is 1. The summed E-state index contributed by atoms with van der Waals surface area (Å²) in [5, 5.41) is 8.75. The number of hydrogen-bond donors (Lipinski definition) is 1. The van der Waals surface area contributed by atoms with Crippen LogP contribution in [-0.4, -0.2) is 124 Å². The number of phosphoric acid groups is 2. The molecule has 1 fully saturated rings. The number of H-pyrrole nitrogens is 1. The fourth-order valence-corrected chi connectivity index (χ4v) is 8.31. The molecule has 1 N–H and O–H groups in total. The minimum absolute atomic E-state index is 0.0428. The molecule has 0 radical (unpaired) electrons. The number of rotatable bonds is 22. The summed E-state index contributed by atoms with van der Waals surface area (Å²) in [7, 11) is -8.40. The summed E-state index contributed by atoms with van der Waals surface area (Å²) < 4.78 is 76.5. The van der Waals surface area contributed by atoms with Gasteiger partial charge in [-0.3, -0.25) is 41.5 Å². The third kappa shape index (κ3) is 12.8. The van der Waals surface area contributed by atoms with Gasteiger partial charge in [-0.25, -0.2) is 38.8 Å². The van der Waals surface area contributed by atoms with Crippen LogP contribution in [0.2, 0.25) is 18.1 Å². The van der Waals surface area contributed by atoms with Crippen LogP contribution >= 0.6 is 15.6 Å². The highest BCUT2D eigenvalue weighted by Gasteiger charge is 2.55. The summed E-state index contributed by atoms with van der Waals surface area (Å²) in [6, 6.07) is 1.89. The van der Waals surface area contributed by atoms with Crippen molar-refractivity contribution < 1.29 is 45.4 Å². The van der Waals surface area contributed by atoms with Crippen LogP contribution in [-0.2, 0) is 45.4 Å². The average Bonchev–Trinajstić information content (AvgIpc) is 3.67. The smallest absolute Gasteiger partial charge is 0.407 e. The number of ether oxygens (including phenoxy) is 1. The molecule has 0 spiro atoms. The van der Waals surface area contributed by atoms with Crippen molar-refractivity contribution in [3.63, 3.8) is 0 Å². The zero-order valence-electron chi connectivity index (χ0n) is 31.7. The molecule has 1 aliphatic heterocycles. The largest absolute Gasteiger partial charge is 0.475 e. The molecule has 0 aromatic carbocycles. The quantitative estimate of drug-likeness (QED) is 0.0413. The van der Waals surface area contributed by atoms with Crippen molar-refractivity contribution in [3.05, 3.63) is 50.9 Å². The maximum atomic E-state index is 14.3. The molecule has 3 heterocycles. The number of nitrogens with one attached hydrogen (secondary N) is 1. The number of aromatic amines is 1. The second-order valence-corrected chi connectivity index (χ2v) is 21.5. The highest BCUT2D eigenvalue weighted by molar-refractivity contribution is 7.48. The van der Waals surface area contributed by atoms with E-state index in [9.17, 15) is 13.9 Å². The molecule has 5 atom stereocenters. The zero-order valence-corrected chi connectivity index (χ0v) is 34.5. The molecule has 3 rings (SSSR count). The Labute approximate surface area is 320 Å². The van der Waals surface area contributed by atoms with E-state index in [1.54, 1.807) is 19.0 Å². The predicted molar refractivity (Wildman–Crippen MR) is 200 cm³/mol. The van der Waals surface area contributed by atoms with Gasteiger partial charge in [-0.1, -0.05) is 20.8 Å². The third-order valence-corrected chi connectivity index (χ3v) is 15.5. The van der Waals surface area contributed by atoms with Gasteiger partial charge in [0.25, 0.3) is 5.56 Å². The summed E-state index contributed by atoms with van der Waals surface area (Å²) in [6.07, 6.45) is -2.62. The highest BCUT2D eigenvalue weighted by atomic mass is 31.2. The van der Waals surface area contributed by atoms with E-state index in [1.165, 1.54) is 17.2 Å². The lowest BCUT2D eigenvalue weighted by atomic mass is 10.1. The molecular weight excluding hydrogens is 778 g/mol. The van der Waals surface area contributed by atoms with Gasteiger partial charge in [0.15, 0.2) is 25.7 Å². The SMILES string of the molecule is [C-]#[N+]CCOP(=O)(OCC[N+]#[C-])OC[C@H]1O[C@@H](n2cnc3c(=O)[nH]c(/N=C/N(C)C)nc32)C(O[Si](C)(C)C(C)(C)C)[C@H]1OP(=O)(OCCC#N)OCC[N+]#[C-]. The Kier molecular flexibility index (Phi) is 16.8. The topological polar surface area (TPSA) is 224 Å². The highest BCUT2D eigenvalue weighted by Crippen LogP contribution is 2.56. The summed E-state index contributed by atoms with van der Waals surface area (Å²) in [5.41, 5.74) is -0.615. The van der Waals surface area contributed by atoms with Gasteiger partial charge in [0.1, 0.15) is 38.1 Å². The molecule has 300 valence electrons. The minimum atomic E-state index is -4.61. The molecule has 1 aliphatic rings. The number of nitriles is 1. The van der Waals surface area contributed by atoms with E-state index in [-0.39, 0.29) is 69.6 Å². The number of phosphoric ester groups is 2. The van der Waals surface area contributed by atoms with Crippen LogP contribution < -0.4 is 5.56 Å². The maximum Gasteiger partial charge on any atom is 0.475 e. The van der Waals surface area contributed by atoms with Crippen molar-refractivity contribution in [3.8, 4) is 6.07 Å². The molecule has 1 saturated heterocycles. The summed E-state index contributed by atoms with van der Waals surface area (Å²) in [4.78, 5) is 39.9. The fourth-order valence-electron chi connectivity index (χ4n) is 4.49. The standard InChI is InChI=1S/C31H46N10O11P2Si/c1-31(2,3)55(9,10)52-26-25(51-54(44,45-16-11-12-32)48-19-15-35-6)23(20-49-53(43,46-17-13-33-4)47-18-14-34-5)50-29(26)41-22-36-24-27(41)38-30(39-28(24)42)37-21-40(7)8/h21-23,25-26,29H,11,13-20H2,1-3,7-10H3,(H,38,39,42)/b37-21+/t23-,25+,26?,29-,54?/m1/s1. The lowest BCUT2D eigenvalue weighted by molar-refractivity contribution is -0.0516. The van der Waals surface area contributed by atoms with Crippen LogP contribution in [0, 0.1) is 31.0 Å². The van der Waals surface area contributed by atoms with E-state index in [0.717, 1.165) is 0 Å². The molecule has 55 heavy (non-hydrogen) atoms. The van der Waals surface area contributed by atoms with Crippen LogP contribution in [0.3, 0.4) is 0 Å². The Morgan fingerprint density at radius 3 is 2.15 bits per heavy atom. The Balaban J connectivity index is 2.23. The molecule has 0 saturated carbocycles. The molecule has 24 heteroatoms. The molecule has 0 bridgehead atoms. The van der Waals surface area contributed by atoms with Crippen LogP contribution in [0.15, 0.2) is 16.1 Å². The van der Waals surface area contributed by atoms with Crippen molar-refractivity contribution in [1.82, 2.24) is 24.4 Å². The van der Waals surface area contributed by atoms with Crippen LogP contribution in [0.25, 0.3) is 25.7 Å². The number of hydrogen-bond acceptors (Lipinski definition) is 15. The number of aromatic nitrogens is 4. The van der Waals surface area contributed by atoms with Crippen molar-refractivity contribution in [2.45, 2.75) is 69.9 Å². The van der Waals surface area contributed by atoms with Crippen molar-refractivity contribution in [2.24, 2.45) is 4.99 Å². The first-order valence-electron chi connectivity index (χ1n) is 16.9. The van der Waals surface area contributed by atoms with Gasteiger partial charge in [0.2, 0.25) is 25.6 Å². The normalized spacial score (nSPS) is 20.1. The number of aliphatic imine (C=N–C) groups is 1. The Morgan fingerprint density at radius 1 is 1.02 bits per heavy atom. The fraction of sp³-hybridized carbons (Fsp3) is 0.677. The van der Waals surface area contributed by atoms with Gasteiger partial charge in [-0.2, -0.15) is 10.2 Å². The second kappa shape index (κ2) is 20.3. The second-order valence-electron chi connectivity index (χ2n) is 13.5. The van der Waals surface area contributed by atoms with Gasteiger partial charge in [0.05, 0.1) is 38.4 Å². The molecule has 21 nitrogen and oxygen atoms in total. The molecule has 0 aliphatic carbocycles. The first kappa shape index (κ1) is 45.5. The third-order valence-electron chi connectivity index (χ3n) is 8.10. The molecule has 2 aromatic heterocycles. The molecule has 0 amide bonds. The number of imidazole rings is 1. The predicted octanol–water partition coefficient (Wildman–Crippen LogP) is 4.98. The van der Waals surface area contributed by atoms with Crippen molar-refractivity contribution in [2.75, 3.05) is 66.8 Å². The van der Waals surface area contributed by atoms with E-state index in [4.69, 9.17) is 61.3 Å². The van der Waals surface area contributed by atoms with Crippen molar-refractivity contribution >= 4 is 47.4 Å². The molecule has 2 aromatic rings. The van der Waals surface area contributed by atoms with Gasteiger partial charge >= 0.3 is 15.6 Å². The van der Waals surface area contributed by atoms with Crippen LogP contribution in [0.4, 0.5) is 5.95 Å². The first-order chi connectivity index (χ1) is 25.9. The van der Waals surface area contributed by atoms with Crippen LogP contribution in [0.1, 0.15) is 33.4 Å². The number of nitrogens with zero attached hydrogens (tertiary/aromatic N) is 9. The van der Waals surface area contributed by atoms with Gasteiger partial charge in [-0.05, 0) is 18.1 Å². The molecule has 2 unspecified atom stereocenters. The van der Waals surface area contributed by atoms with E-state index in [2.05, 4.69) is 34.5 Å². The minimum Gasteiger partial charge on any atom is -0.407 e. The lowest BCUT2D eigenvalue weighted by Gasteiger charge is -2.40. The lowest BCUT2D eigenvalue weighted by Crippen LogP contribution is -2.49. The summed E-state index contributed by atoms with van der Waals surface area (Å²) >= 11 is 0. The maximum absolute atomic E-state index is 14.3. The zero-order chi connectivity index (χ0) is 40.9. The Morgan fingerprint density at radius 2 is 1.60 bits per heavy atom. The van der Waals surface area contributed by atoms with Gasteiger partial charge in [0, 0.05) is 14.1 Å². The Bertz CT molecular complexity index is 1910. The van der Waals surface area contributed by atoms with Gasteiger partial charge in [-0.15, -0.1) is 0 Å². The van der Waals surface area contributed by atoms with E-state index in [1.807, 2.05) is 39.9 Å². The van der Waals surface area contributed by atoms with E-state index >= 15 is 0 Å². The van der Waals surface area contributed by atoms with Gasteiger partial charge < -0.3 is 28.6 Å². The van der Waals surface area contributed by atoms with Crippen LogP contribution in [0.5, 0.6) is 0 Å². The van der Waals surface area contributed by atoms with Crippen molar-refractivity contribution in [1.29, 1.82) is 5.26 Å². The summed E-state index contributed by atoms with van der Waals surface area (Å²) in [5.74, 6) is -0.0434. The average molecular weight is 825 g/mol. The summed E-state index contributed by atoms with van der Waals surface area (Å²) in [6.45, 7) is 28.7. The van der Waals surface area contributed by atoms with E-state index in [0.29, 0.717) is 0 Å². The Hall–Kier alpha value is -3.86. The monoisotopic (exact) mass is 824 g/mol. The first-order valence-corrected chi connectivity index (χ1v) is 22.7. The molecular formula is C31H46N10O11P2Si. The van der Waals surface area contributed by atoms with E-state index < -0.39 is 65.7 Å².